The maximum Gasteiger partial charge on any atom is 0.408 e. The molecule has 1 fully saturated rings. The molecule has 2 atom stereocenters. The zero-order valence-electron chi connectivity index (χ0n) is 15.8. The quantitative estimate of drug-likeness (QED) is 0.917. The Hall–Kier alpha value is -1.75. The highest BCUT2D eigenvalue weighted by molar-refractivity contribution is 5.68. The molecule has 5 heteroatoms. The van der Waals surface area contributed by atoms with Crippen molar-refractivity contribution in [2.75, 3.05) is 32.1 Å². The lowest BCUT2D eigenvalue weighted by atomic mass is 10.1. The number of hydrogen-bond donors (Lipinski definition) is 1. The van der Waals surface area contributed by atoms with Gasteiger partial charge in [0.2, 0.25) is 0 Å². The number of carbonyl (C=O) groups excluding carboxylic acids is 1. The van der Waals surface area contributed by atoms with Gasteiger partial charge in [-0.3, -0.25) is 0 Å². The average molecular weight is 333 g/mol. The fourth-order valence-electron chi connectivity index (χ4n) is 2.96. The van der Waals surface area contributed by atoms with Crippen LogP contribution in [0.5, 0.6) is 0 Å². The van der Waals surface area contributed by atoms with Crippen LogP contribution < -0.4 is 10.2 Å². The summed E-state index contributed by atoms with van der Waals surface area (Å²) >= 11 is 0. The van der Waals surface area contributed by atoms with Gasteiger partial charge in [0.15, 0.2) is 0 Å². The maximum absolute atomic E-state index is 12.0. The molecule has 0 unspecified atom stereocenters. The van der Waals surface area contributed by atoms with Crippen LogP contribution in [0.15, 0.2) is 24.3 Å². The van der Waals surface area contributed by atoms with E-state index in [2.05, 4.69) is 47.4 Å². The number of nitrogens with one attached hydrogen (secondary N) is 1. The molecule has 1 aromatic rings. The van der Waals surface area contributed by atoms with Crippen molar-refractivity contribution in [3.63, 3.8) is 0 Å². The van der Waals surface area contributed by atoms with E-state index in [0.29, 0.717) is 6.04 Å². The summed E-state index contributed by atoms with van der Waals surface area (Å²) in [6, 6.07) is 8.92. The topological polar surface area (TPSA) is 44.8 Å². The zero-order chi connectivity index (χ0) is 17.9. The summed E-state index contributed by atoms with van der Waals surface area (Å²) in [6.07, 6.45) is 0.803. The van der Waals surface area contributed by atoms with Crippen LogP contribution in [0.2, 0.25) is 0 Å². The van der Waals surface area contributed by atoms with Gasteiger partial charge < -0.3 is 19.9 Å². The Bertz CT molecular complexity index is 566. The van der Waals surface area contributed by atoms with E-state index in [-0.39, 0.29) is 12.1 Å². The molecule has 0 spiro atoms. The summed E-state index contributed by atoms with van der Waals surface area (Å²) in [4.78, 5) is 16.7. The standard InChI is InChI=1S/C19H31N3O2/c1-14(20-18(23)24-19(2,3)4)15-8-7-9-16(12-15)22-11-10-17(13-22)21(5)6/h7-9,12,14,17H,10-11,13H2,1-6H3,(H,20,23)/t14-,17+/m0/s1. The molecule has 1 saturated heterocycles. The first kappa shape index (κ1) is 18.6. The number of anilines is 1. The largest absolute Gasteiger partial charge is 0.444 e. The summed E-state index contributed by atoms with van der Waals surface area (Å²) in [7, 11) is 4.27. The molecule has 1 N–H and O–H groups in total. The van der Waals surface area contributed by atoms with Crippen molar-refractivity contribution < 1.29 is 9.53 Å². The molecule has 0 saturated carbocycles. The van der Waals surface area contributed by atoms with Crippen molar-refractivity contribution >= 4 is 11.8 Å². The Labute approximate surface area is 146 Å². The van der Waals surface area contributed by atoms with Gasteiger partial charge in [-0.25, -0.2) is 4.79 Å². The van der Waals surface area contributed by atoms with E-state index >= 15 is 0 Å². The molecule has 5 nitrogen and oxygen atoms in total. The Kier molecular flexibility index (Phi) is 5.75. The number of rotatable bonds is 4. The molecule has 0 bridgehead atoms. The fraction of sp³-hybridized carbons (Fsp3) is 0.632. The summed E-state index contributed by atoms with van der Waals surface area (Å²) < 4.78 is 5.33. The monoisotopic (exact) mass is 333 g/mol. The zero-order valence-corrected chi connectivity index (χ0v) is 15.8. The third-order valence-corrected chi connectivity index (χ3v) is 4.36. The third-order valence-electron chi connectivity index (χ3n) is 4.36. The Morgan fingerprint density at radius 2 is 2.08 bits per heavy atom. The Morgan fingerprint density at radius 1 is 1.38 bits per heavy atom. The first-order valence-corrected chi connectivity index (χ1v) is 8.66. The van der Waals surface area contributed by atoms with Crippen LogP contribution >= 0.6 is 0 Å². The van der Waals surface area contributed by atoms with Crippen LogP contribution in [0.1, 0.15) is 45.7 Å². The molecule has 1 heterocycles. The summed E-state index contributed by atoms with van der Waals surface area (Å²) in [5.41, 5.74) is 1.82. The first-order valence-electron chi connectivity index (χ1n) is 8.66. The molecule has 1 aliphatic rings. The maximum atomic E-state index is 12.0. The molecular weight excluding hydrogens is 302 g/mol. The summed E-state index contributed by atoms with van der Waals surface area (Å²) in [6.45, 7) is 9.70. The van der Waals surface area contributed by atoms with Gasteiger partial charge in [-0.1, -0.05) is 12.1 Å². The molecule has 1 aliphatic heterocycles. The predicted molar refractivity (Wildman–Crippen MR) is 98.5 cm³/mol. The van der Waals surface area contributed by atoms with Crippen molar-refractivity contribution in [1.82, 2.24) is 10.2 Å². The number of carbonyl (C=O) groups is 1. The number of nitrogens with zero attached hydrogens (tertiary/aromatic N) is 2. The normalized spacial score (nSPS) is 19.5. The van der Waals surface area contributed by atoms with Gasteiger partial charge in [-0.15, -0.1) is 0 Å². The highest BCUT2D eigenvalue weighted by Gasteiger charge is 2.24. The van der Waals surface area contributed by atoms with E-state index in [4.69, 9.17) is 4.74 Å². The van der Waals surface area contributed by atoms with E-state index in [1.165, 1.54) is 12.1 Å². The molecule has 1 amide bonds. The van der Waals surface area contributed by atoms with Gasteiger partial charge in [-0.2, -0.15) is 0 Å². The predicted octanol–water partition coefficient (Wildman–Crippen LogP) is 3.41. The van der Waals surface area contributed by atoms with Crippen molar-refractivity contribution in [3.8, 4) is 0 Å². The van der Waals surface area contributed by atoms with Crippen LogP contribution in [0.3, 0.4) is 0 Å². The van der Waals surface area contributed by atoms with Gasteiger partial charge >= 0.3 is 6.09 Å². The molecule has 0 aliphatic carbocycles. The molecular formula is C19H31N3O2. The summed E-state index contributed by atoms with van der Waals surface area (Å²) in [5, 5.41) is 2.91. The number of likely N-dealkylation sites (N-methyl/N-ethyl adjacent to an activating group) is 1. The minimum Gasteiger partial charge on any atom is -0.444 e. The van der Waals surface area contributed by atoms with E-state index in [1.54, 1.807) is 0 Å². The second kappa shape index (κ2) is 7.43. The van der Waals surface area contributed by atoms with Crippen molar-refractivity contribution in [2.45, 2.75) is 51.8 Å². The van der Waals surface area contributed by atoms with E-state index in [1.807, 2.05) is 33.8 Å². The Balaban J connectivity index is 2.01. The van der Waals surface area contributed by atoms with Crippen LogP contribution in [0, 0.1) is 0 Å². The fourth-order valence-corrected chi connectivity index (χ4v) is 2.96. The molecule has 2 rings (SSSR count). The second-order valence-electron chi connectivity index (χ2n) is 7.82. The molecule has 134 valence electrons. The molecule has 0 radical (unpaired) electrons. The number of alkyl carbamates (subject to hydrolysis) is 1. The highest BCUT2D eigenvalue weighted by Crippen LogP contribution is 2.25. The van der Waals surface area contributed by atoms with Crippen LogP contribution in [-0.4, -0.2) is 49.8 Å². The van der Waals surface area contributed by atoms with Gasteiger partial charge in [0, 0.05) is 24.8 Å². The van der Waals surface area contributed by atoms with Crippen molar-refractivity contribution in [3.05, 3.63) is 29.8 Å². The van der Waals surface area contributed by atoms with E-state index < -0.39 is 5.60 Å². The van der Waals surface area contributed by atoms with Crippen LogP contribution in [0.4, 0.5) is 10.5 Å². The SMILES string of the molecule is C[C@H](NC(=O)OC(C)(C)C)c1cccc(N2CC[C@@H](N(C)C)C2)c1. The van der Waals surface area contributed by atoms with Crippen LogP contribution in [0.25, 0.3) is 0 Å². The lowest BCUT2D eigenvalue weighted by Gasteiger charge is -2.24. The van der Waals surface area contributed by atoms with Gasteiger partial charge in [0.05, 0.1) is 6.04 Å². The van der Waals surface area contributed by atoms with Gasteiger partial charge in [0.25, 0.3) is 0 Å². The average Bonchev–Trinajstić information content (AvgIpc) is 2.95. The number of hydrogen-bond acceptors (Lipinski definition) is 4. The Morgan fingerprint density at radius 3 is 2.67 bits per heavy atom. The number of ether oxygens (including phenoxy) is 1. The molecule has 1 aromatic carbocycles. The lowest BCUT2D eigenvalue weighted by Crippen LogP contribution is -2.34. The first-order chi connectivity index (χ1) is 11.2. The molecule has 0 aromatic heterocycles. The van der Waals surface area contributed by atoms with E-state index in [9.17, 15) is 4.79 Å². The minimum atomic E-state index is -0.484. The minimum absolute atomic E-state index is 0.0907. The van der Waals surface area contributed by atoms with Crippen LogP contribution in [-0.2, 0) is 4.74 Å². The number of benzene rings is 1. The summed E-state index contributed by atoms with van der Waals surface area (Å²) in [5.74, 6) is 0. The highest BCUT2D eigenvalue weighted by atomic mass is 16.6. The van der Waals surface area contributed by atoms with Gasteiger partial charge in [-0.05, 0) is 65.9 Å². The van der Waals surface area contributed by atoms with E-state index in [0.717, 1.165) is 18.7 Å². The van der Waals surface area contributed by atoms with Crippen molar-refractivity contribution in [1.29, 1.82) is 0 Å². The number of amides is 1. The van der Waals surface area contributed by atoms with Gasteiger partial charge in [0.1, 0.15) is 5.60 Å². The second-order valence-corrected chi connectivity index (χ2v) is 7.82. The van der Waals surface area contributed by atoms with Crippen molar-refractivity contribution in [2.24, 2.45) is 0 Å². The molecule has 24 heavy (non-hydrogen) atoms. The third kappa shape index (κ3) is 5.13. The smallest absolute Gasteiger partial charge is 0.408 e. The lowest BCUT2D eigenvalue weighted by molar-refractivity contribution is 0.0508.